The number of rotatable bonds is 9. The highest BCUT2D eigenvalue weighted by atomic mass is 35.5. The van der Waals surface area contributed by atoms with Gasteiger partial charge in [0, 0.05) is 18.7 Å². The summed E-state index contributed by atoms with van der Waals surface area (Å²) in [5.41, 5.74) is 3.77. The van der Waals surface area contributed by atoms with Crippen molar-refractivity contribution in [2.24, 2.45) is 5.92 Å². The van der Waals surface area contributed by atoms with E-state index in [1.165, 1.54) is 16.8 Å². The van der Waals surface area contributed by atoms with Gasteiger partial charge in [0.2, 0.25) is 16.0 Å². The van der Waals surface area contributed by atoms with Crippen LogP contribution < -0.4 is 15.4 Å². The molecule has 0 radical (unpaired) electrons. The van der Waals surface area contributed by atoms with Gasteiger partial charge in [0.15, 0.2) is 0 Å². The van der Waals surface area contributed by atoms with Gasteiger partial charge in [-0.15, -0.1) is 0 Å². The fraction of sp³-hybridized carbons (Fsp3) is 0.433. The number of piperidine rings is 1. The number of hydrogen-bond acceptors (Lipinski definition) is 8. The molecule has 1 aromatic heterocycles. The summed E-state index contributed by atoms with van der Waals surface area (Å²) in [6, 6.07) is 12.9. The highest BCUT2D eigenvalue weighted by molar-refractivity contribution is 7.88. The Kier molecular flexibility index (Phi) is 9.03. The van der Waals surface area contributed by atoms with Gasteiger partial charge in [-0.05, 0) is 81.1 Å². The van der Waals surface area contributed by atoms with Gasteiger partial charge in [-0.25, -0.2) is 18.4 Å². The third-order valence-electron chi connectivity index (χ3n) is 8.25. The van der Waals surface area contributed by atoms with Gasteiger partial charge in [0.25, 0.3) is 5.91 Å². The van der Waals surface area contributed by atoms with Crippen LogP contribution in [0.25, 0.3) is 0 Å². The number of sulfonamides is 1. The van der Waals surface area contributed by atoms with E-state index in [-0.39, 0.29) is 23.9 Å². The van der Waals surface area contributed by atoms with Crippen molar-refractivity contribution in [3.8, 4) is 5.75 Å². The maximum absolute atomic E-state index is 13.1. The number of anilines is 2. The Morgan fingerprint density at radius 3 is 2.64 bits per heavy atom. The largest absolute Gasteiger partial charge is 0.495 e. The summed E-state index contributed by atoms with van der Waals surface area (Å²) in [5, 5.41) is 6.74. The van der Waals surface area contributed by atoms with Crippen molar-refractivity contribution in [2.75, 3.05) is 45.9 Å². The number of nitrogens with one attached hydrogen (secondary N) is 2. The Bertz CT molecular complexity index is 1560. The summed E-state index contributed by atoms with van der Waals surface area (Å²) in [6.07, 6.45) is 5.74. The molecule has 0 unspecified atom stereocenters. The first-order valence-corrected chi connectivity index (χ1v) is 16.2. The van der Waals surface area contributed by atoms with Crippen LogP contribution >= 0.6 is 11.6 Å². The molecule has 2 aromatic carbocycles. The number of likely N-dealkylation sites (tertiary alicyclic amines) is 1. The fourth-order valence-electron chi connectivity index (χ4n) is 5.88. The average Bonchev–Trinajstić information content (AvgIpc) is 3.32. The lowest BCUT2D eigenvalue weighted by molar-refractivity contribution is 0.0917. The minimum Gasteiger partial charge on any atom is -0.495 e. The summed E-state index contributed by atoms with van der Waals surface area (Å²) in [6.45, 7) is 1.91. The van der Waals surface area contributed by atoms with Gasteiger partial charge in [-0.2, -0.15) is 4.31 Å². The van der Waals surface area contributed by atoms with Gasteiger partial charge >= 0.3 is 0 Å². The number of halogens is 1. The molecule has 42 heavy (non-hydrogen) atoms. The first-order chi connectivity index (χ1) is 20.0. The van der Waals surface area contributed by atoms with E-state index in [1.54, 1.807) is 32.4 Å². The lowest BCUT2D eigenvalue weighted by atomic mass is 9.95. The molecular formula is C30H37ClN6O4S. The predicted molar refractivity (Wildman–Crippen MR) is 164 cm³/mol. The van der Waals surface area contributed by atoms with E-state index in [1.807, 2.05) is 24.3 Å². The fourth-order valence-corrected chi connectivity index (χ4v) is 6.75. The van der Waals surface area contributed by atoms with Gasteiger partial charge < -0.3 is 20.3 Å². The predicted octanol–water partition coefficient (Wildman–Crippen LogP) is 4.05. The molecule has 0 bridgehead atoms. The molecule has 12 heteroatoms. The lowest BCUT2D eigenvalue weighted by Crippen LogP contribution is -2.43. The van der Waals surface area contributed by atoms with Gasteiger partial charge in [-0.1, -0.05) is 35.9 Å². The summed E-state index contributed by atoms with van der Waals surface area (Å²) < 4.78 is 32.0. The molecule has 1 fully saturated rings. The standard InChI is InChI=1S/C30H37ClN6O4S/c1-36-13-11-22(12-14-36)33-29(38)20-9-10-27(41-3)26(16-20)35-30-32-18-24(31)25(34-30)17-21-15-19-7-5-6-8-23(19)28(21)37(2)42(4,39)40/h5-10,16,18,21-22,28H,11-15,17H2,1-4H3,(H,33,38)(H,32,34,35)/t21-,28-/m0/s1. The summed E-state index contributed by atoms with van der Waals surface area (Å²) >= 11 is 6.57. The van der Waals surface area contributed by atoms with Crippen LogP contribution in [-0.2, 0) is 22.9 Å². The Labute approximate surface area is 252 Å². The minimum absolute atomic E-state index is 0.0662. The number of nitrogens with zero attached hydrogens (tertiary/aromatic N) is 4. The van der Waals surface area contributed by atoms with Crippen LogP contribution in [0.5, 0.6) is 5.75 Å². The molecule has 2 N–H and O–H groups in total. The summed E-state index contributed by atoms with van der Waals surface area (Å²) in [4.78, 5) is 24.4. The molecule has 1 saturated heterocycles. The van der Waals surface area contributed by atoms with Crippen LogP contribution in [0.3, 0.4) is 0 Å². The molecule has 2 heterocycles. The highest BCUT2D eigenvalue weighted by Crippen LogP contribution is 2.42. The SMILES string of the molecule is COc1ccc(C(=O)NC2CCN(C)CC2)cc1Nc1ncc(Cl)c(C[C@@H]2Cc3ccccc3[C@H]2N(C)S(C)(=O)=O)n1. The van der Waals surface area contributed by atoms with Crippen molar-refractivity contribution < 1.29 is 17.9 Å². The minimum atomic E-state index is -3.44. The number of benzene rings is 2. The van der Waals surface area contributed by atoms with Crippen LogP contribution in [0.2, 0.25) is 5.02 Å². The number of amides is 1. The molecule has 0 saturated carbocycles. The Morgan fingerprint density at radius 1 is 1.19 bits per heavy atom. The zero-order chi connectivity index (χ0) is 30.0. The second-order valence-electron chi connectivity index (χ2n) is 11.2. The summed E-state index contributed by atoms with van der Waals surface area (Å²) in [7, 11) is 1.82. The van der Waals surface area contributed by atoms with E-state index < -0.39 is 10.0 Å². The maximum Gasteiger partial charge on any atom is 0.251 e. The van der Waals surface area contributed by atoms with Crippen LogP contribution in [0, 0.1) is 5.92 Å². The van der Waals surface area contributed by atoms with Crippen molar-refractivity contribution in [1.82, 2.24) is 24.5 Å². The van der Waals surface area contributed by atoms with E-state index in [0.717, 1.165) is 37.1 Å². The van der Waals surface area contributed by atoms with Crippen LogP contribution in [0.15, 0.2) is 48.7 Å². The van der Waals surface area contributed by atoms with Crippen molar-refractivity contribution in [2.45, 2.75) is 37.8 Å². The van der Waals surface area contributed by atoms with Gasteiger partial charge in [-0.3, -0.25) is 4.79 Å². The maximum atomic E-state index is 13.1. The topological polar surface area (TPSA) is 117 Å². The third-order valence-corrected chi connectivity index (χ3v) is 9.84. The third kappa shape index (κ3) is 6.70. The number of aromatic nitrogens is 2. The molecule has 1 aliphatic carbocycles. The van der Waals surface area contributed by atoms with Crippen molar-refractivity contribution >= 4 is 39.2 Å². The normalized spacial score (nSPS) is 19.5. The van der Waals surface area contributed by atoms with E-state index in [9.17, 15) is 13.2 Å². The molecule has 0 spiro atoms. The molecule has 5 rings (SSSR count). The van der Waals surface area contributed by atoms with E-state index in [4.69, 9.17) is 21.3 Å². The zero-order valence-electron chi connectivity index (χ0n) is 24.3. The number of ether oxygens (including phenoxy) is 1. The van der Waals surface area contributed by atoms with E-state index >= 15 is 0 Å². The zero-order valence-corrected chi connectivity index (χ0v) is 25.9. The van der Waals surface area contributed by atoms with Crippen LogP contribution in [0.1, 0.15) is 46.1 Å². The number of methoxy groups -OCH3 is 1. The molecule has 10 nitrogen and oxygen atoms in total. The molecule has 224 valence electrons. The molecule has 2 aliphatic rings. The Morgan fingerprint density at radius 2 is 1.93 bits per heavy atom. The second kappa shape index (κ2) is 12.5. The number of carbonyl (C=O) groups is 1. The molecule has 1 amide bonds. The Hall–Kier alpha value is -3.25. The van der Waals surface area contributed by atoms with Gasteiger partial charge in [0.1, 0.15) is 5.75 Å². The smallest absolute Gasteiger partial charge is 0.251 e. The lowest BCUT2D eigenvalue weighted by Gasteiger charge is -2.29. The Balaban J connectivity index is 1.36. The van der Waals surface area contributed by atoms with Crippen LogP contribution in [0.4, 0.5) is 11.6 Å². The molecule has 2 atom stereocenters. The number of carbonyl (C=O) groups excluding carboxylic acids is 1. The molecule has 1 aliphatic heterocycles. The van der Waals surface area contributed by atoms with Crippen molar-refractivity contribution in [3.63, 3.8) is 0 Å². The van der Waals surface area contributed by atoms with Crippen molar-refractivity contribution in [1.29, 1.82) is 0 Å². The van der Waals surface area contributed by atoms with Crippen LogP contribution in [-0.4, -0.2) is 80.1 Å². The first kappa shape index (κ1) is 30.2. The monoisotopic (exact) mass is 612 g/mol. The van der Waals surface area contributed by atoms with Crippen molar-refractivity contribution in [3.05, 3.63) is 76.1 Å². The number of fused-ring (bicyclic) bond motifs is 1. The first-order valence-electron chi connectivity index (χ1n) is 14.0. The number of hydrogen-bond donors (Lipinski definition) is 2. The molecular weight excluding hydrogens is 576 g/mol. The molecule has 3 aromatic rings. The van der Waals surface area contributed by atoms with E-state index in [2.05, 4.69) is 27.6 Å². The van der Waals surface area contributed by atoms with E-state index in [0.29, 0.717) is 46.5 Å². The highest BCUT2D eigenvalue weighted by Gasteiger charge is 2.38. The van der Waals surface area contributed by atoms with Gasteiger partial charge in [0.05, 0.1) is 42.0 Å². The summed E-state index contributed by atoms with van der Waals surface area (Å²) in [5.74, 6) is 0.620. The average molecular weight is 613 g/mol. The second-order valence-corrected chi connectivity index (χ2v) is 13.6. The quantitative estimate of drug-likeness (QED) is 0.372.